The van der Waals surface area contributed by atoms with Crippen molar-refractivity contribution in [1.82, 2.24) is 4.98 Å². The maximum atomic E-state index is 12.1. The zero-order chi connectivity index (χ0) is 16.2. The van der Waals surface area contributed by atoms with Crippen LogP contribution >= 0.6 is 11.6 Å². The molecule has 7 heteroatoms. The first-order valence-electron chi connectivity index (χ1n) is 6.85. The van der Waals surface area contributed by atoms with Gasteiger partial charge in [0.2, 0.25) is 0 Å². The van der Waals surface area contributed by atoms with Crippen LogP contribution in [0.5, 0.6) is 11.5 Å². The highest BCUT2D eigenvalue weighted by Gasteiger charge is 2.16. The summed E-state index contributed by atoms with van der Waals surface area (Å²) in [6.07, 6.45) is 1.29. The predicted molar refractivity (Wildman–Crippen MR) is 81.3 cm³/mol. The zero-order valence-corrected chi connectivity index (χ0v) is 12.7. The maximum Gasteiger partial charge on any atom is 0.340 e. The van der Waals surface area contributed by atoms with Crippen molar-refractivity contribution in [3.8, 4) is 11.5 Å². The van der Waals surface area contributed by atoms with Gasteiger partial charge in [-0.25, -0.2) is 9.78 Å². The molecule has 1 aromatic heterocycles. The van der Waals surface area contributed by atoms with Crippen molar-refractivity contribution in [3.63, 3.8) is 0 Å². The quantitative estimate of drug-likeness (QED) is 0.486. The van der Waals surface area contributed by atoms with Gasteiger partial charge in [-0.2, -0.15) is 0 Å². The predicted octanol–water partition coefficient (Wildman–Crippen LogP) is 2.55. The Balaban J connectivity index is 1.63. The Bertz CT molecular complexity index is 745. The Labute approximate surface area is 136 Å². The van der Waals surface area contributed by atoms with E-state index in [0.717, 1.165) is 0 Å². The largest absolute Gasteiger partial charge is 0.486 e. The average molecular weight is 334 g/mol. The molecule has 6 nitrogen and oxygen atoms in total. The van der Waals surface area contributed by atoms with E-state index in [1.165, 1.54) is 18.3 Å². The maximum absolute atomic E-state index is 12.1. The summed E-state index contributed by atoms with van der Waals surface area (Å²) >= 11 is 5.64. The standard InChI is InChI=1S/C16H12ClNO5/c17-15-4-2-11(8-18-15)16(20)23-9-12(19)10-1-3-13-14(7-10)22-6-5-21-13/h1-4,7-8H,5-6,9H2. The number of esters is 1. The summed E-state index contributed by atoms with van der Waals surface area (Å²) in [5, 5.41) is 0.272. The van der Waals surface area contributed by atoms with Crippen LogP contribution < -0.4 is 9.47 Å². The number of halogens is 1. The smallest absolute Gasteiger partial charge is 0.340 e. The minimum atomic E-state index is -0.639. The van der Waals surface area contributed by atoms with Gasteiger partial charge in [-0.05, 0) is 30.3 Å². The van der Waals surface area contributed by atoms with E-state index in [2.05, 4.69) is 4.98 Å². The average Bonchev–Trinajstić information content (AvgIpc) is 2.59. The van der Waals surface area contributed by atoms with Crippen LogP contribution in [0, 0.1) is 0 Å². The molecular formula is C16H12ClNO5. The first kappa shape index (κ1) is 15.3. The lowest BCUT2D eigenvalue weighted by Gasteiger charge is -2.18. The SMILES string of the molecule is O=C(COC(=O)c1ccc(Cl)nc1)c1ccc2c(c1)OCCO2. The molecule has 118 valence electrons. The topological polar surface area (TPSA) is 74.7 Å². The fraction of sp³-hybridized carbons (Fsp3) is 0.188. The summed E-state index contributed by atoms with van der Waals surface area (Å²) in [6, 6.07) is 7.79. The summed E-state index contributed by atoms with van der Waals surface area (Å²) in [4.78, 5) is 27.7. The Kier molecular flexibility index (Phi) is 4.43. The Hall–Kier alpha value is -2.60. The number of aromatic nitrogens is 1. The van der Waals surface area contributed by atoms with E-state index in [1.54, 1.807) is 18.2 Å². The molecule has 0 radical (unpaired) electrons. The molecule has 0 N–H and O–H groups in total. The van der Waals surface area contributed by atoms with E-state index in [0.29, 0.717) is 30.3 Å². The number of carbonyl (C=O) groups is 2. The molecule has 1 aliphatic heterocycles. The Morgan fingerprint density at radius 3 is 2.57 bits per heavy atom. The van der Waals surface area contributed by atoms with Gasteiger partial charge in [0.25, 0.3) is 0 Å². The Morgan fingerprint density at radius 2 is 1.83 bits per heavy atom. The summed E-state index contributed by atoms with van der Waals surface area (Å²) in [6.45, 7) is 0.539. The van der Waals surface area contributed by atoms with Gasteiger partial charge in [-0.3, -0.25) is 4.79 Å². The summed E-state index contributed by atoms with van der Waals surface area (Å²) in [7, 11) is 0. The Morgan fingerprint density at radius 1 is 1.09 bits per heavy atom. The first-order chi connectivity index (χ1) is 11.1. The minimum Gasteiger partial charge on any atom is -0.486 e. The van der Waals surface area contributed by atoms with Gasteiger partial charge in [-0.15, -0.1) is 0 Å². The van der Waals surface area contributed by atoms with Crippen LogP contribution in [0.3, 0.4) is 0 Å². The number of ketones is 1. The number of benzene rings is 1. The van der Waals surface area contributed by atoms with Gasteiger partial charge in [0.05, 0.1) is 5.56 Å². The molecule has 0 spiro atoms. The van der Waals surface area contributed by atoms with Crippen LogP contribution in [0.15, 0.2) is 36.5 Å². The van der Waals surface area contributed by atoms with E-state index in [-0.39, 0.29) is 23.1 Å². The summed E-state index contributed by atoms with van der Waals surface area (Å²) in [5.41, 5.74) is 0.612. The summed E-state index contributed by atoms with van der Waals surface area (Å²) in [5.74, 6) is 0.129. The molecule has 0 aliphatic carbocycles. The molecular weight excluding hydrogens is 322 g/mol. The van der Waals surface area contributed by atoms with E-state index in [9.17, 15) is 9.59 Å². The fourth-order valence-corrected chi connectivity index (χ4v) is 2.12. The van der Waals surface area contributed by atoms with Gasteiger partial charge in [-0.1, -0.05) is 11.6 Å². The molecule has 0 unspecified atom stereocenters. The number of hydrogen-bond acceptors (Lipinski definition) is 6. The zero-order valence-electron chi connectivity index (χ0n) is 12.0. The highest BCUT2D eigenvalue weighted by Crippen LogP contribution is 2.30. The molecule has 0 saturated carbocycles. The van der Waals surface area contributed by atoms with Crippen molar-refractivity contribution in [2.24, 2.45) is 0 Å². The molecule has 1 aromatic carbocycles. The molecule has 2 aromatic rings. The molecule has 0 amide bonds. The van der Waals surface area contributed by atoms with Crippen molar-refractivity contribution in [2.75, 3.05) is 19.8 Å². The highest BCUT2D eigenvalue weighted by atomic mass is 35.5. The van der Waals surface area contributed by atoms with Crippen molar-refractivity contribution < 1.29 is 23.8 Å². The fourth-order valence-electron chi connectivity index (χ4n) is 2.01. The number of fused-ring (bicyclic) bond motifs is 1. The van der Waals surface area contributed by atoms with E-state index < -0.39 is 5.97 Å². The molecule has 0 saturated heterocycles. The van der Waals surface area contributed by atoms with Gasteiger partial charge in [0.1, 0.15) is 18.4 Å². The number of pyridine rings is 1. The van der Waals surface area contributed by atoms with E-state index in [4.69, 9.17) is 25.8 Å². The van der Waals surface area contributed by atoms with Crippen molar-refractivity contribution >= 4 is 23.4 Å². The lowest BCUT2D eigenvalue weighted by molar-refractivity contribution is 0.0474. The van der Waals surface area contributed by atoms with Crippen LogP contribution in [0.4, 0.5) is 0 Å². The summed E-state index contributed by atoms with van der Waals surface area (Å²) < 4.78 is 15.8. The van der Waals surface area contributed by atoms with Crippen LogP contribution in [0.2, 0.25) is 5.15 Å². The third kappa shape index (κ3) is 3.60. The third-order valence-electron chi connectivity index (χ3n) is 3.16. The molecule has 3 rings (SSSR count). The molecule has 0 atom stereocenters. The van der Waals surface area contributed by atoms with Crippen LogP contribution in [0.1, 0.15) is 20.7 Å². The molecule has 23 heavy (non-hydrogen) atoms. The van der Waals surface area contributed by atoms with Gasteiger partial charge < -0.3 is 14.2 Å². The monoisotopic (exact) mass is 333 g/mol. The number of Topliss-reactive ketones (excluding diaryl/α,β-unsaturated/α-hetero) is 1. The van der Waals surface area contributed by atoms with Crippen LogP contribution in [-0.2, 0) is 4.74 Å². The number of nitrogens with zero attached hydrogens (tertiary/aromatic N) is 1. The normalized spacial score (nSPS) is 12.6. The molecule has 0 bridgehead atoms. The van der Waals surface area contributed by atoms with E-state index in [1.807, 2.05) is 0 Å². The number of rotatable bonds is 4. The van der Waals surface area contributed by atoms with Crippen LogP contribution in [-0.4, -0.2) is 36.6 Å². The third-order valence-corrected chi connectivity index (χ3v) is 3.39. The van der Waals surface area contributed by atoms with Gasteiger partial charge in [0, 0.05) is 11.8 Å². The molecule has 0 fully saturated rings. The van der Waals surface area contributed by atoms with E-state index >= 15 is 0 Å². The van der Waals surface area contributed by atoms with Crippen molar-refractivity contribution in [3.05, 3.63) is 52.8 Å². The van der Waals surface area contributed by atoms with Crippen LogP contribution in [0.25, 0.3) is 0 Å². The van der Waals surface area contributed by atoms with Gasteiger partial charge in [0.15, 0.2) is 23.9 Å². The van der Waals surface area contributed by atoms with Crippen molar-refractivity contribution in [1.29, 1.82) is 0 Å². The second kappa shape index (κ2) is 6.66. The first-order valence-corrected chi connectivity index (χ1v) is 7.23. The second-order valence-corrected chi connectivity index (χ2v) is 5.11. The lowest BCUT2D eigenvalue weighted by Crippen LogP contribution is -2.17. The van der Waals surface area contributed by atoms with Gasteiger partial charge >= 0.3 is 5.97 Å². The molecule has 1 aliphatic rings. The lowest BCUT2D eigenvalue weighted by atomic mass is 10.1. The molecule has 2 heterocycles. The number of ether oxygens (including phenoxy) is 3. The minimum absolute atomic E-state index is 0.226. The number of hydrogen-bond donors (Lipinski definition) is 0. The highest BCUT2D eigenvalue weighted by molar-refractivity contribution is 6.29. The number of carbonyl (C=O) groups excluding carboxylic acids is 2. The van der Waals surface area contributed by atoms with Crippen molar-refractivity contribution in [2.45, 2.75) is 0 Å². The second-order valence-electron chi connectivity index (χ2n) is 4.73.